The Bertz CT molecular complexity index is 197. The fourth-order valence-corrected chi connectivity index (χ4v) is 3.34. The Morgan fingerprint density at radius 2 is 1.83 bits per heavy atom. The lowest BCUT2D eigenvalue weighted by Gasteiger charge is -2.50. The summed E-state index contributed by atoms with van der Waals surface area (Å²) in [7, 11) is 2.29. The summed E-state index contributed by atoms with van der Waals surface area (Å²) >= 11 is 0. The van der Waals surface area contributed by atoms with Crippen molar-refractivity contribution in [1.82, 2.24) is 4.90 Å². The van der Waals surface area contributed by atoms with Crippen LogP contribution in [-0.4, -0.2) is 24.5 Å². The van der Waals surface area contributed by atoms with Gasteiger partial charge in [-0.15, -0.1) is 0 Å². The lowest BCUT2D eigenvalue weighted by atomic mass is 9.64. The second-order valence-corrected chi connectivity index (χ2v) is 5.57. The van der Waals surface area contributed by atoms with Crippen LogP contribution in [0.5, 0.6) is 0 Å². The van der Waals surface area contributed by atoms with Crippen LogP contribution in [0.1, 0.15) is 40.0 Å². The van der Waals surface area contributed by atoms with Crippen molar-refractivity contribution < 1.29 is 0 Å². The van der Waals surface area contributed by atoms with Crippen LogP contribution < -0.4 is 0 Å². The van der Waals surface area contributed by atoms with Crippen LogP contribution in [0.4, 0.5) is 0 Å². The van der Waals surface area contributed by atoms with Crippen molar-refractivity contribution in [3.8, 4) is 0 Å². The quantitative estimate of drug-likeness (QED) is 0.536. The lowest BCUT2D eigenvalue weighted by molar-refractivity contribution is -0.00624. The summed E-state index contributed by atoms with van der Waals surface area (Å²) in [6, 6.07) is 0.844. The van der Waals surface area contributed by atoms with Crippen LogP contribution in [-0.2, 0) is 0 Å². The fraction of sp³-hybridized carbons (Fsp3) is 1.00. The van der Waals surface area contributed by atoms with E-state index in [0.717, 1.165) is 6.04 Å². The Balaban J connectivity index is 2.34. The normalized spacial score (nSPS) is 46.5. The summed E-state index contributed by atoms with van der Waals surface area (Å²) < 4.78 is 0. The molecule has 2 aliphatic rings. The third-order valence-corrected chi connectivity index (χ3v) is 4.91. The summed E-state index contributed by atoms with van der Waals surface area (Å²) in [5, 5.41) is 0. The van der Waals surface area contributed by atoms with E-state index in [1.165, 1.54) is 25.8 Å². The van der Waals surface area contributed by atoms with Gasteiger partial charge in [0.1, 0.15) is 0 Å². The minimum Gasteiger partial charge on any atom is -0.303 e. The highest BCUT2D eigenvalue weighted by Crippen LogP contribution is 2.58. The molecular weight excluding hydrogens is 146 g/mol. The third-order valence-electron chi connectivity index (χ3n) is 4.91. The molecule has 1 heteroatoms. The molecule has 2 unspecified atom stereocenters. The van der Waals surface area contributed by atoms with Crippen molar-refractivity contribution in [3.05, 3.63) is 0 Å². The Morgan fingerprint density at radius 1 is 1.17 bits per heavy atom. The van der Waals surface area contributed by atoms with Gasteiger partial charge in [-0.25, -0.2) is 0 Å². The molecule has 2 atom stereocenters. The van der Waals surface area contributed by atoms with Gasteiger partial charge in [0.05, 0.1) is 0 Å². The zero-order valence-electron chi connectivity index (χ0n) is 8.85. The summed E-state index contributed by atoms with van der Waals surface area (Å²) in [4.78, 5) is 2.56. The minimum atomic E-state index is 0.542. The van der Waals surface area contributed by atoms with Crippen LogP contribution in [0.3, 0.4) is 0 Å². The third kappa shape index (κ3) is 0.834. The van der Waals surface area contributed by atoms with E-state index < -0.39 is 0 Å². The monoisotopic (exact) mass is 167 g/mol. The van der Waals surface area contributed by atoms with Gasteiger partial charge < -0.3 is 4.90 Å². The fourth-order valence-electron chi connectivity index (χ4n) is 3.34. The predicted octanol–water partition coefficient (Wildman–Crippen LogP) is 2.52. The highest BCUT2D eigenvalue weighted by molar-refractivity contribution is 5.07. The molecule has 70 valence electrons. The molecule has 1 aliphatic heterocycles. The van der Waals surface area contributed by atoms with Crippen molar-refractivity contribution in [1.29, 1.82) is 0 Å². The highest BCUT2D eigenvalue weighted by atomic mass is 15.2. The van der Waals surface area contributed by atoms with Gasteiger partial charge in [-0.2, -0.15) is 0 Å². The van der Waals surface area contributed by atoms with Crippen molar-refractivity contribution in [2.24, 2.45) is 10.8 Å². The first kappa shape index (κ1) is 8.55. The SMILES string of the molecule is CN1CCC2(C)CCC1C2(C)C. The van der Waals surface area contributed by atoms with E-state index in [1.807, 2.05) is 0 Å². The molecule has 0 aromatic rings. The topological polar surface area (TPSA) is 3.24 Å². The molecule has 0 N–H and O–H groups in total. The smallest absolute Gasteiger partial charge is 0.0149 e. The van der Waals surface area contributed by atoms with Gasteiger partial charge in [0.2, 0.25) is 0 Å². The number of fused-ring (bicyclic) bond motifs is 2. The average molecular weight is 167 g/mol. The van der Waals surface area contributed by atoms with Gasteiger partial charge in [-0.05, 0) is 43.7 Å². The van der Waals surface area contributed by atoms with E-state index in [1.54, 1.807) is 0 Å². The first-order valence-electron chi connectivity index (χ1n) is 5.18. The lowest BCUT2D eigenvalue weighted by Crippen LogP contribution is -2.51. The van der Waals surface area contributed by atoms with Crippen molar-refractivity contribution in [2.45, 2.75) is 46.1 Å². The van der Waals surface area contributed by atoms with Gasteiger partial charge >= 0.3 is 0 Å². The second kappa shape index (κ2) is 2.25. The average Bonchev–Trinajstić information content (AvgIpc) is 2.16. The summed E-state index contributed by atoms with van der Waals surface area (Å²) in [5.74, 6) is 0. The highest BCUT2D eigenvalue weighted by Gasteiger charge is 2.54. The number of likely N-dealkylation sites (tertiary alicyclic amines) is 1. The van der Waals surface area contributed by atoms with Gasteiger partial charge in [0.25, 0.3) is 0 Å². The molecule has 0 amide bonds. The largest absolute Gasteiger partial charge is 0.303 e. The molecule has 0 spiro atoms. The van der Waals surface area contributed by atoms with Crippen LogP contribution in [0.2, 0.25) is 0 Å². The molecular formula is C11H21N. The van der Waals surface area contributed by atoms with E-state index in [9.17, 15) is 0 Å². The summed E-state index contributed by atoms with van der Waals surface area (Å²) in [5.41, 5.74) is 1.17. The van der Waals surface area contributed by atoms with Crippen LogP contribution in [0.15, 0.2) is 0 Å². The summed E-state index contributed by atoms with van der Waals surface area (Å²) in [6.45, 7) is 8.71. The Morgan fingerprint density at radius 3 is 2.42 bits per heavy atom. The molecule has 1 saturated heterocycles. The number of hydrogen-bond donors (Lipinski definition) is 0. The van der Waals surface area contributed by atoms with Crippen molar-refractivity contribution in [3.63, 3.8) is 0 Å². The van der Waals surface area contributed by atoms with Crippen LogP contribution in [0.25, 0.3) is 0 Å². The van der Waals surface area contributed by atoms with Gasteiger partial charge in [-0.1, -0.05) is 20.8 Å². The maximum atomic E-state index is 2.56. The molecule has 1 aliphatic carbocycles. The first-order valence-corrected chi connectivity index (χ1v) is 5.18. The molecule has 0 radical (unpaired) electrons. The molecule has 2 rings (SSSR count). The maximum Gasteiger partial charge on any atom is 0.0149 e. The molecule has 2 fully saturated rings. The maximum absolute atomic E-state index is 2.56. The number of piperidine rings is 1. The van der Waals surface area contributed by atoms with E-state index in [-0.39, 0.29) is 0 Å². The summed E-state index contributed by atoms with van der Waals surface area (Å²) in [6.07, 6.45) is 4.25. The molecule has 12 heavy (non-hydrogen) atoms. The molecule has 1 nitrogen and oxygen atoms in total. The minimum absolute atomic E-state index is 0.542. The Hall–Kier alpha value is -0.0400. The zero-order chi connectivity index (χ0) is 8.98. The standard InChI is InChI=1S/C11H21N/c1-10(2)9-5-6-11(10,3)7-8-12(9)4/h9H,5-8H2,1-4H3. The number of nitrogens with zero attached hydrogens (tertiary/aromatic N) is 1. The predicted molar refractivity (Wildman–Crippen MR) is 52.2 cm³/mol. The first-order chi connectivity index (χ1) is 5.47. The Kier molecular flexibility index (Phi) is 1.61. The second-order valence-electron chi connectivity index (χ2n) is 5.57. The van der Waals surface area contributed by atoms with E-state index in [2.05, 4.69) is 32.7 Å². The van der Waals surface area contributed by atoms with E-state index in [4.69, 9.17) is 0 Å². The van der Waals surface area contributed by atoms with Gasteiger partial charge in [0.15, 0.2) is 0 Å². The van der Waals surface area contributed by atoms with Crippen molar-refractivity contribution in [2.75, 3.05) is 13.6 Å². The Labute approximate surface area is 76.1 Å². The molecule has 1 heterocycles. The number of rotatable bonds is 0. The zero-order valence-corrected chi connectivity index (χ0v) is 8.85. The van der Waals surface area contributed by atoms with E-state index >= 15 is 0 Å². The molecule has 0 aromatic heterocycles. The van der Waals surface area contributed by atoms with Crippen molar-refractivity contribution >= 4 is 0 Å². The molecule has 1 saturated carbocycles. The van der Waals surface area contributed by atoms with Crippen LogP contribution >= 0.6 is 0 Å². The van der Waals surface area contributed by atoms with E-state index in [0.29, 0.717) is 10.8 Å². The van der Waals surface area contributed by atoms with Gasteiger partial charge in [-0.3, -0.25) is 0 Å². The van der Waals surface area contributed by atoms with Crippen LogP contribution in [0, 0.1) is 10.8 Å². The molecule has 2 bridgehead atoms. The number of hydrogen-bond acceptors (Lipinski definition) is 1. The van der Waals surface area contributed by atoms with Gasteiger partial charge in [0, 0.05) is 6.04 Å². The molecule has 0 aromatic carbocycles.